The van der Waals surface area contributed by atoms with Gasteiger partial charge >= 0.3 is 6.03 Å². The zero-order chi connectivity index (χ0) is 64.9. The maximum absolute atomic E-state index is 13.9. The van der Waals surface area contributed by atoms with Gasteiger partial charge in [-0.3, -0.25) is 14.8 Å². The lowest BCUT2D eigenvalue weighted by Crippen LogP contribution is -2.55. The van der Waals surface area contributed by atoms with E-state index in [-0.39, 0.29) is 52.4 Å². The van der Waals surface area contributed by atoms with Crippen LogP contribution in [0.5, 0.6) is 0 Å². The lowest BCUT2D eigenvalue weighted by atomic mass is 9.62. The van der Waals surface area contributed by atoms with Gasteiger partial charge in [0.25, 0.3) is 5.56 Å². The summed E-state index contributed by atoms with van der Waals surface area (Å²) in [6.07, 6.45) is 51.1. The molecule has 2 aliphatic rings. The van der Waals surface area contributed by atoms with Crippen LogP contribution in [0.25, 0.3) is 0 Å². The number of carbonyl (C=O) groups excluding carboxylic acids is 1. The summed E-state index contributed by atoms with van der Waals surface area (Å²) in [6, 6.07) is -0.307. The van der Waals surface area contributed by atoms with Crippen molar-refractivity contribution in [2.45, 2.75) is 351 Å². The summed E-state index contributed by atoms with van der Waals surface area (Å²) in [5.41, 5.74) is 2.16. The molecule has 7 unspecified atom stereocenters. The van der Waals surface area contributed by atoms with E-state index < -0.39 is 6.03 Å². The number of aromatic nitrogens is 2. The number of carbonyl (C=O) groups is 1. The van der Waals surface area contributed by atoms with E-state index in [4.69, 9.17) is 26.2 Å². The van der Waals surface area contributed by atoms with Crippen molar-refractivity contribution in [3.8, 4) is 0 Å². The Balaban J connectivity index is 1.51. The number of nitrogens with one attached hydrogen (secondary N) is 3. The number of urea groups is 1. The number of hydrogen-bond donors (Lipinski definition) is 5. The van der Waals surface area contributed by atoms with Gasteiger partial charge in [-0.15, -0.1) is 0 Å². The number of unbranched alkanes of at least 4 members (excludes halogenated alkanes) is 24. The molecule has 0 aromatic carbocycles. The first-order valence-corrected chi connectivity index (χ1v) is 37.2. The number of hydrazine groups is 2. The van der Waals surface area contributed by atoms with E-state index in [0.29, 0.717) is 47.8 Å². The van der Waals surface area contributed by atoms with Crippen molar-refractivity contribution >= 4 is 26.9 Å². The standard InChI is InChI=1S/C74H140N9O4P/c1-14-18-22-26-30-32-36-39-43-62(42-38-34-28-24-20-16-3)47-46-59(5)78-64-50-71(8,9)55-73(12,52-64)57-77-61(7)86-49-48-66-60(6)79-68(81-67(66)84)83(76)70(85)82(75)58-74(13)53-65(51-72(10,11)56-74)80-69(88)87-54-63(44-40-35-29-25-21-17-4)45-41-37-33-31-27-23-19-15-2/h62-65,77-78H,5,7,14-58,75-76,88H2,1-4,6,8-13H3,(H,79,81,84). The Labute approximate surface area is 543 Å². The first-order valence-electron chi connectivity index (χ1n) is 36.6. The zero-order valence-corrected chi connectivity index (χ0v) is 60.4. The highest BCUT2D eigenvalue weighted by Gasteiger charge is 2.44. The van der Waals surface area contributed by atoms with Gasteiger partial charge in [-0.1, -0.05) is 268 Å². The van der Waals surface area contributed by atoms with Gasteiger partial charge in [0, 0.05) is 36.8 Å². The summed E-state index contributed by atoms with van der Waals surface area (Å²) in [6.45, 7) is 35.5. The fourth-order valence-electron chi connectivity index (χ4n) is 15.5. The van der Waals surface area contributed by atoms with Gasteiger partial charge in [0.15, 0.2) is 11.5 Å². The molecule has 14 heteroatoms. The third-order valence-corrected chi connectivity index (χ3v) is 19.9. The number of rotatable bonds is 50. The Morgan fingerprint density at radius 3 is 1.62 bits per heavy atom. The van der Waals surface area contributed by atoms with Crippen molar-refractivity contribution in [1.82, 2.24) is 25.6 Å². The second-order valence-electron chi connectivity index (χ2n) is 30.5. The number of aliphatic imine (C=N–C) groups is 1. The van der Waals surface area contributed by atoms with Crippen LogP contribution in [0, 0.1) is 40.4 Å². The Bertz CT molecular complexity index is 2170. The van der Waals surface area contributed by atoms with Gasteiger partial charge in [-0.25, -0.2) is 26.5 Å². The summed E-state index contributed by atoms with van der Waals surface area (Å²) in [7, 11) is 2.77. The number of aromatic amines is 1. The molecule has 1 heterocycles. The number of aryl methyl sites for hydroxylation is 1. The van der Waals surface area contributed by atoms with Crippen LogP contribution in [0.1, 0.15) is 337 Å². The maximum atomic E-state index is 13.9. The molecular weight excluding hydrogens is 1110 g/mol. The number of anilines is 1. The molecule has 2 aliphatic carbocycles. The minimum absolute atomic E-state index is 0.00404. The predicted molar refractivity (Wildman–Crippen MR) is 380 cm³/mol. The summed E-state index contributed by atoms with van der Waals surface area (Å²) < 4.78 is 12.6. The molecule has 0 radical (unpaired) electrons. The SMILES string of the molecule is C=C(CCC(CCCCCCCC)CCCCCCCCCC)NC1CC(C)(C)CC(C)(CNC(=C)OCCc2c(C)nc(N(N)C(=O)N(N)CC3(C)CC(N=C(P)OCC(CCCCCCCC)CCCCCCCCCC)CC(C)(C)C3)[nH]c2=O)C1. The molecule has 510 valence electrons. The fourth-order valence-corrected chi connectivity index (χ4v) is 15.8. The number of nitrogens with zero attached hydrogens (tertiary/aromatic N) is 4. The van der Waals surface area contributed by atoms with Crippen LogP contribution in [0.15, 0.2) is 34.5 Å². The van der Waals surface area contributed by atoms with Crippen molar-refractivity contribution in [3.05, 3.63) is 46.3 Å². The Hall–Kier alpha value is -3.15. The second-order valence-corrected chi connectivity index (χ2v) is 31.0. The van der Waals surface area contributed by atoms with E-state index >= 15 is 0 Å². The highest BCUT2D eigenvalue weighted by molar-refractivity contribution is 7.39. The first kappa shape index (κ1) is 79.1. The average Bonchev–Trinajstić information content (AvgIpc) is 1.57. The molecule has 2 saturated carbocycles. The number of nitrogens with two attached hydrogens (primary N) is 2. The highest BCUT2D eigenvalue weighted by atomic mass is 31.0. The molecule has 13 nitrogen and oxygen atoms in total. The van der Waals surface area contributed by atoms with Crippen LogP contribution < -0.4 is 32.9 Å². The van der Waals surface area contributed by atoms with Crippen molar-refractivity contribution < 1.29 is 14.3 Å². The molecule has 3 rings (SSSR count). The van der Waals surface area contributed by atoms with Gasteiger partial charge in [0.2, 0.25) is 5.95 Å². The van der Waals surface area contributed by atoms with Crippen molar-refractivity contribution in [1.29, 1.82) is 0 Å². The van der Waals surface area contributed by atoms with Crippen LogP contribution in [0.3, 0.4) is 0 Å². The maximum Gasteiger partial charge on any atom is 0.355 e. The second kappa shape index (κ2) is 43.6. The third kappa shape index (κ3) is 34.0. The highest BCUT2D eigenvalue weighted by Crippen LogP contribution is 2.48. The van der Waals surface area contributed by atoms with E-state index in [1.54, 1.807) is 6.92 Å². The number of hydrogen-bond acceptors (Lipinski definition) is 10. The molecule has 0 spiro atoms. The van der Waals surface area contributed by atoms with E-state index in [9.17, 15) is 9.59 Å². The summed E-state index contributed by atoms with van der Waals surface area (Å²) in [4.78, 5) is 40.0. The minimum Gasteiger partial charge on any atom is -0.479 e. The average molecular weight is 1250 g/mol. The summed E-state index contributed by atoms with van der Waals surface area (Å²) in [5.74, 6) is 14.7. The van der Waals surface area contributed by atoms with Gasteiger partial charge in [0.1, 0.15) is 0 Å². The Morgan fingerprint density at radius 1 is 0.659 bits per heavy atom. The first-order chi connectivity index (χ1) is 41.9. The van der Waals surface area contributed by atoms with Crippen LogP contribution in [0.2, 0.25) is 0 Å². The quantitative estimate of drug-likeness (QED) is 0.00621. The lowest BCUT2D eigenvalue weighted by molar-refractivity contribution is 0.0560. The van der Waals surface area contributed by atoms with E-state index in [1.807, 2.05) is 0 Å². The lowest BCUT2D eigenvalue weighted by Gasteiger charge is -2.47. The Kier molecular flexibility index (Phi) is 39.2. The number of amides is 2. The van der Waals surface area contributed by atoms with Crippen molar-refractivity contribution in [2.24, 2.45) is 50.2 Å². The number of ether oxygens (including phenoxy) is 2. The molecule has 2 amide bonds. The fraction of sp³-hybridized carbons (Fsp3) is 0.865. The van der Waals surface area contributed by atoms with Gasteiger partial charge in [-0.05, 0) is 120 Å². The third-order valence-electron chi connectivity index (χ3n) is 19.6. The van der Waals surface area contributed by atoms with E-state index in [2.05, 4.69) is 112 Å². The molecule has 1 aromatic rings. The largest absolute Gasteiger partial charge is 0.479 e. The number of H-pyrrole nitrogens is 1. The van der Waals surface area contributed by atoms with Gasteiger partial charge in [0.05, 0.1) is 24.9 Å². The normalized spacial score (nSPS) is 20.7. The monoisotopic (exact) mass is 1250 g/mol. The van der Waals surface area contributed by atoms with Crippen LogP contribution >= 0.6 is 9.24 Å². The van der Waals surface area contributed by atoms with E-state index in [1.165, 1.54) is 218 Å². The molecular formula is C74H140N9O4P. The minimum atomic E-state index is -0.664. The molecule has 88 heavy (non-hydrogen) atoms. The van der Waals surface area contributed by atoms with Crippen LogP contribution in [0.4, 0.5) is 10.7 Å². The molecule has 7 N–H and O–H groups in total. The smallest absolute Gasteiger partial charge is 0.355 e. The molecule has 1 aromatic heterocycles. The molecule has 0 bridgehead atoms. The summed E-state index contributed by atoms with van der Waals surface area (Å²) >= 11 is 0. The van der Waals surface area contributed by atoms with Gasteiger partial charge in [-0.2, -0.15) is 5.01 Å². The molecule has 0 aliphatic heterocycles. The van der Waals surface area contributed by atoms with Gasteiger partial charge < -0.3 is 20.1 Å². The number of allylic oxidation sites excluding steroid dienone is 1. The van der Waals surface area contributed by atoms with Crippen molar-refractivity contribution in [3.63, 3.8) is 0 Å². The molecule has 2 fully saturated rings. The van der Waals surface area contributed by atoms with Crippen molar-refractivity contribution in [2.75, 3.05) is 31.3 Å². The summed E-state index contributed by atoms with van der Waals surface area (Å²) in [5, 5.41) is 9.44. The Morgan fingerprint density at radius 2 is 1.12 bits per heavy atom. The topological polar surface area (TPSA) is 176 Å². The molecule has 7 atom stereocenters. The predicted octanol–water partition coefficient (Wildman–Crippen LogP) is 19.8. The van der Waals surface area contributed by atoms with Crippen LogP contribution in [-0.4, -0.2) is 65.0 Å². The van der Waals surface area contributed by atoms with Crippen LogP contribution in [-0.2, 0) is 15.9 Å². The van der Waals surface area contributed by atoms with E-state index in [0.717, 1.165) is 67.4 Å². The molecule has 0 saturated heterocycles. The zero-order valence-electron chi connectivity index (χ0n) is 59.2.